The summed E-state index contributed by atoms with van der Waals surface area (Å²) in [6, 6.07) is 0. The van der Waals surface area contributed by atoms with Crippen LogP contribution >= 0.6 is 0 Å². The largest absolute Gasteiger partial charge is 2.00 e. The monoisotopic (exact) mass is 680 g/mol. The average molecular weight is 681 g/mol. The molecule has 5 aliphatic heterocycles. The zero-order valence-electron chi connectivity index (χ0n) is 27.8. The van der Waals surface area contributed by atoms with Gasteiger partial charge in [0.25, 0.3) is 0 Å². The number of ether oxygens (including phenoxy) is 3. The van der Waals surface area contributed by atoms with Gasteiger partial charge in [-0.25, -0.2) is 15.0 Å². The molecule has 11 heteroatoms. The van der Waals surface area contributed by atoms with Gasteiger partial charge in [0, 0.05) is 40.7 Å². The Hall–Kier alpha value is -4.50. The van der Waals surface area contributed by atoms with E-state index in [0.29, 0.717) is 46.9 Å². The molecule has 5 heterocycles. The van der Waals surface area contributed by atoms with Crippen LogP contribution < -0.4 is 10.2 Å². The molecule has 0 fully saturated rings. The molecular weight excluding hydrogens is 643 g/mol. The summed E-state index contributed by atoms with van der Waals surface area (Å²) in [4.78, 5) is 32.1. The van der Waals surface area contributed by atoms with Gasteiger partial charge in [0.05, 0.1) is 58.9 Å². The topological polar surface area (TPSA) is 140 Å². The number of nitrogens with zero attached hydrogens (tertiary/aromatic N) is 4. The van der Waals surface area contributed by atoms with Gasteiger partial charge in [-0.2, -0.15) is 0 Å². The van der Waals surface area contributed by atoms with Crippen LogP contribution in [0.2, 0.25) is 0 Å². The average Bonchev–Trinajstić information content (AvgIpc) is 3.72. The molecular formula is C36H38N4NiO6. The zero-order valence-corrected chi connectivity index (χ0v) is 28.8. The number of fused-ring (bicyclic) bond motifs is 4. The van der Waals surface area contributed by atoms with Gasteiger partial charge >= 0.3 is 22.5 Å². The van der Waals surface area contributed by atoms with Crippen molar-refractivity contribution in [3.63, 3.8) is 0 Å². The van der Waals surface area contributed by atoms with Crippen molar-refractivity contribution >= 4 is 28.8 Å². The smallest absolute Gasteiger partial charge is 0.616 e. The molecule has 0 N–H and O–H groups in total. The molecule has 0 radical (unpaired) electrons. The van der Waals surface area contributed by atoms with Crippen molar-refractivity contribution in [3.05, 3.63) is 105 Å². The molecule has 248 valence electrons. The first-order chi connectivity index (χ1) is 22.0. The Morgan fingerprint density at radius 3 is 2.13 bits per heavy atom. The standard InChI is InChI=1S/C36H40N4O6.Ni/c1-10-21-17(3)24-14-26-19(5)23(12-13-30(41)44-7)33(39-26)32(36(43)46-9)34-31(35(42)45-8)20(6)27(40-34)16-29-22(11-2)18(4)25(38-29)15-28(21)37-24;/h10,14-16,19,23,42-43H,1,11-13H2,2-9H3;/q;+2/p-2/b26-14?,28-15?,29-16?,35-31+,36-32+;/t19-,23-;/m0./s1. The van der Waals surface area contributed by atoms with Gasteiger partial charge in [-0.1, -0.05) is 26.5 Å². The van der Waals surface area contributed by atoms with E-state index in [4.69, 9.17) is 34.2 Å². The summed E-state index contributed by atoms with van der Waals surface area (Å²) in [5, 5.41) is 27.0. The minimum Gasteiger partial charge on any atom is -0.616 e. The Morgan fingerprint density at radius 2 is 1.51 bits per heavy atom. The summed E-state index contributed by atoms with van der Waals surface area (Å²) in [5.41, 5.74) is 9.09. The Bertz CT molecular complexity index is 1820. The van der Waals surface area contributed by atoms with Crippen molar-refractivity contribution in [2.75, 3.05) is 21.3 Å². The molecule has 2 atom stereocenters. The number of esters is 1. The maximum Gasteiger partial charge on any atom is 2.00 e. The fraction of sp³-hybridized carbons (Fsp3) is 0.361. The number of aliphatic imine (C=N–C) groups is 4. The first kappa shape index (κ1) is 35.4. The molecule has 0 aromatic rings. The van der Waals surface area contributed by atoms with Crippen LogP contribution in [0, 0.1) is 11.8 Å². The van der Waals surface area contributed by atoms with E-state index in [2.05, 4.69) is 13.5 Å². The third-order valence-electron chi connectivity index (χ3n) is 9.14. The van der Waals surface area contributed by atoms with Gasteiger partial charge in [0.2, 0.25) is 0 Å². The van der Waals surface area contributed by atoms with E-state index in [-0.39, 0.29) is 51.7 Å². The molecule has 8 bridgehead atoms. The molecule has 10 nitrogen and oxygen atoms in total. The van der Waals surface area contributed by atoms with Crippen LogP contribution in [-0.4, -0.2) is 50.1 Å². The Kier molecular flexibility index (Phi) is 10.6. The van der Waals surface area contributed by atoms with E-state index in [1.165, 1.54) is 21.3 Å². The van der Waals surface area contributed by atoms with Gasteiger partial charge in [-0.05, 0) is 88.4 Å². The van der Waals surface area contributed by atoms with Crippen molar-refractivity contribution < 1.29 is 45.7 Å². The van der Waals surface area contributed by atoms with E-state index < -0.39 is 17.8 Å². The van der Waals surface area contributed by atoms with Gasteiger partial charge < -0.3 is 24.4 Å². The van der Waals surface area contributed by atoms with Gasteiger partial charge in [-0.15, -0.1) is 0 Å². The SMILES string of the molecule is C=CC1=C(C)C2=NC1=CC1=NC(=CC3=C(C)/C(=C(/[O-])OC)C(=N3)/C(=C(\[O-])OC)C3=NC(=C2)[C@@H](C)[C@@H]3CCC(=O)OC)C(CC)=C1C.[Ni+2]. The van der Waals surface area contributed by atoms with E-state index in [1.54, 1.807) is 13.0 Å². The molecule has 0 saturated carbocycles. The van der Waals surface area contributed by atoms with Crippen molar-refractivity contribution in [2.45, 2.75) is 53.9 Å². The first-order valence-electron chi connectivity index (χ1n) is 15.2. The molecule has 0 aromatic heterocycles. The number of hydrogen-bond acceptors (Lipinski definition) is 10. The summed E-state index contributed by atoms with van der Waals surface area (Å²) in [6.45, 7) is 13.9. The molecule has 0 aromatic carbocycles. The van der Waals surface area contributed by atoms with Gasteiger partial charge in [0.15, 0.2) is 0 Å². The van der Waals surface area contributed by atoms with E-state index in [9.17, 15) is 15.0 Å². The Morgan fingerprint density at radius 1 is 0.872 bits per heavy atom. The number of carbonyl (C=O) groups is 1. The van der Waals surface area contributed by atoms with E-state index in [0.717, 1.165) is 33.7 Å². The normalized spacial score (nSPS) is 24.0. The minimum absolute atomic E-state index is 0. The fourth-order valence-corrected chi connectivity index (χ4v) is 6.44. The second-order valence-corrected chi connectivity index (χ2v) is 11.5. The third kappa shape index (κ3) is 6.16. The van der Waals surface area contributed by atoms with Crippen LogP contribution in [0.5, 0.6) is 0 Å². The summed E-state index contributed by atoms with van der Waals surface area (Å²) >= 11 is 0. The van der Waals surface area contributed by atoms with E-state index >= 15 is 0 Å². The number of rotatable bonds is 7. The summed E-state index contributed by atoms with van der Waals surface area (Å²) in [5.74, 6) is -2.38. The van der Waals surface area contributed by atoms with Crippen molar-refractivity contribution in [3.8, 4) is 0 Å². The summed E-state index contributed by atoms with van der Waals surface area (Å²) in [7, 11) is 3.89. The Balaban J connectivity index is 0.00000500. The predicted molar refractivity (Wildman–Crippen MR) is 175 cm³/mol. The van der Waals surface area contributed by atoms with Crippen molar-refractivity contribution in [2.24, 2.45) is 31.8 Å². The number of hydrogen-bond donors (Lipinski definition) is 0. The first-order valence-corrected chi connectivity index (χ1v) is 15.2. The Labute approximate surface area is 285 Å². The van der Waals surface area contributed by atoms with Crippen molar-refractivity contribution in [1.29, 1.82) is 0 Å². The van der Waals surface area contributed by atoms with E-state index in [1.807, 2.05) is 39.0 Å². The van der Waals surface area contributed by atoms with Crippen LogP contribution in [-0.2, 0) is 35.5 Å². The summed E-state index contributed by atoms with van der Waals surface area (Å²) in [6.07, 6.45) is 8.64. The molecule has 0 unspecified atom stereocenters. The second-order valence-electron chi connectivity index (χ2n) is 11.5. The second kappa shape index (κ2) is 14.1. The quantitative estimate of drug-likeness (QED) is 0.219. The summed E-state index contributed by atoms with van der Waals surface area (Å²) < 4.78 is 15.4. The van der Waals surface area contributed by atoms with Crippen LogP contribution in [0.3, 0.4) is 0 Å². The minimum atomic E-state index is -0.710. The molecule has 47 heavy (non-hydrogen) atoms. The number of methoxy groups -OCH3 is 3. The molecule has 0 amide bonds. The van der Waals surface area contributed by atoms with Gasteiger partial charge in [0.1, 0.15) is 0 Å². The molecule has 0 saturated heterocycles. The fourth-order valence-electron chi connectivity index (χ4n) is 6.44. The molecule has 0 spiro atoms. The van der Waals surface area contributed by atoms with Crippen LogP contribution in [0.15, 0.2) is 125 Å². The number of allylic oxidation sites excluding steroid dienone is 11. The zero-order chi connectivity index (χ0) is 33.4. The predicted octanol–water partition coefficient (Wildman–Crippen LogP) is 4.61. The van der Waals surface area contributed by atoms with Gasteiger partial charge in [-0.3, -0.25) is 9.79 Å². The maximum atomic E-state index is 13.7. The maximum absolute atomic E-state index is 13.7. The third-order valence-corrected chi connectivity index (χ3v) is 9.14. The van der Waals surface area contributed by atoms with Crippen molar-refractivity contribution in [1.82, 2.24) is 0 Å². The molecule has 5 rings (SSSR count). The van der Waals surface area contributed by atoms with Crippen LogP contribution in [0.4, 0.5) is 0 Å². The molecule has 0 aliphatic carbocycles. The van der Waals surface area contributed by atoms with Crippen LogP contribution in [0.25, 0.3) is 0 Å². The van der Waals surface area contributed by atoms with Crippen LogP contribution in [0.1, 0.15) is 53.9 Å². The molecule has 5 aliphatic rings. The number of carbonyl (C=O) groups excluding carboxylic acids is 1.